The Balaban J connectivity index is 2.39. The second-order valence-electron chi connectivity index (χ2n) is 4.41. The first-order chi connectivity index (χ1) is 8.61. The van der Waals surface area contributed by atoms with Gasteiger partial charge in [-0.3, -0.25) is 0 Å². The van der Waals surface area contributed by atoms with Gasteiger partial charge in [-0.25, -0.2) is 4.98 Å². The van der Waals surface area contributed by atoms with E-state index >= 15 is 0 Å². The molecule has 0 aliphatic heterocycles. The average molecular weight is 305 g/mol. The van der Waals surface area contributed by atoms with Crippen LogP contribution in [-0.2, 0) is 6.42 Å². The Bertz CT molecular complexity index is 564. The Kier molecular flexibility index (Phi) is 4.02. The Labute approximate surface area is 117 Å². The summed E-state index contributed by atoms with van der Waals surface area (Å²) in [5.41, 5.74) is 4.88. The predicted molar refractivity (Wildman–Crippen MR) is 80.5 cm³/mol. The molecule has 1 heterocycles. The van der Waals surface area contributed by atoms with E-state index in [0.29, 0.717) is 0 Å². The van der Waals surface area contributed by atoms with Gasteiger partial charge in [-0.1, -0.05) is 25.1 Å². The van der Waals surface area contributed by atoms with Gasteiger partial charge in [-0.05, 0) is 59.0 Å². The lowest BCUT2D eigenvalue weighted by Crippen LogP contribution is -2.01. The number of anilines is 2. The van der Waals surface area contributed by atoms with Gasteiger partial charge >= 0.3 is 0 Å². The van der Waals surface area contributed by atoms with Crippen molar-refractivity contribution in [2.75, 3.05) is 5.32 Å². The van der Waals surface area contributed by atoms with Gasteiger partial charge in [-0.2, -0.15) is 0 Å². The number of nitrogens with one attached hydrogen (secondary N) is 1. The SMILES string of the molecule is CCc1cccc(C)c1Nc1ncc(Br)cc1C. The quantitative estimate of drug-likeness (QED) is 0.883. The first-order valence-corrected chi connectivity index (χ1v) is 6.88. The first-order valence-electron chi connectivity index (χ1n) is 6.09. The second-order valence-corrected chi connectivity index (χ2v) is 5.32. The largest absolute Gasteiger partial charge is 0.340 e. The molecule has 0 unspecified atom stereocenters. The van der Waals surface area contributed by atoms with E-state index in [4.69, 9.17) is 0 Å². The van der Waals surface area contributed by atoms with Crippen molar-refractivity contribution in [3.63, 3.8) is 0 Å². The van der Waals surface area contributed by atoms with Gasteiger partial charge in [0.15, 0.2) is 0 Å². The van der Waals surface area contributed by atoms with Gasteiger partial charge in [0, 0.05) is 16.4 Å². The van der Waals surface area contributed by atoms with Crippen LogP contribution in [0.4, 0.5) is 11.5 Å². The molecule has 2 nitrogen and oxygen atoms in total. The second kappa shape index (κ2) is 5.53. The molecule has 18 heavy (non-hydrogen) atoms. The maximum atomic E-state index is 4.43. The minimum atomic E-state index is 0.919. The molecule has 0 saturated carbocycles. The third-order valence-electron chi connectivity index (χ3n) is 3.03. The Morgan fingerprint density at radius 2 is 2.00 bits per heavy atom. The van der Waals surface area contributed by atoms with Crippen molar-refractivity contribution in [3.05, 3.63) is 51.6 Å². The van der Waals surface area contributed by atoms with Gasteiger partial charge in [0.05, 0.1) is 0 Å². The summed E-state index contributed by atoms with van der Waals surface area (Å²) in [6, 6.07) is 8.44. The predicted octanol–water partition coefficient (Wildman–Crippen LogP) is 4.77. The number of aromatic nitrogens is 1. The van der Waals surface area contributed by atoms with Crippen molar-refractivity contribution in [2.45, 2.75) is 27.2 Å². The minimum Gasteiger partial charge on any atom is -0.340 e. The van der Waals surface area contributed by atoms with Crippen molar-refractivity contribution in [1.82, 2.24) is 4.98 Å². The van der Waals surface area contributed by atoms with Crippen LogP contribution in [0.15, 0.2) is 34.9 Å². The topological polar surface area (TPSA) is 24.9 Å². The number of para-hydroxylation sites is 1. The zero-order valence-electron chi connectivity index (χ0n) is 10.9. The van der Waals surface area contributed by atoms with E-state index in [0.717, 1.165) is 22.3 Å². The summed E-state index contributed by atoms with van der Waals surface area (Å²) in [6.07, 6.45) is 2.83. The number of hydrogen-bond acceptors (Lipinski definition) is 2. The molecule has 2 aromatic rings. The third-order valence-corrected chi connectivity index (χ3v) is 3.46. The van der Waals surface area contributed by atoms with Crippen LogP contribution in [0.5, 0.6) is 0 Å². The van der Waals surface area contributed by atoms with Gasteiger partial charge in [-0.15, -0.1) is 0 Å². The monoisotopic (exact) mass is 304 g/mol. The number of rotatable bonds is 3. The summed E-state index contributed by atoms with van der Waals surface area (Å²) in [6.45, 7) is 6.35. The van der Waals surface area contributed by atoms with E-state index in [2.05, 4.69) is 71.3 Å². The van der Waals surface area contributed by atoms with Crippen molar-refractivity contribution in [3.8, 4) is 0 Å². The van der Waals surface area contributed by atoms with E-state index in [1.807, 2.05) is 6.20 Å². The Morgan fingerprint density at radius 1 is 1.22 bits per heavy atom. The number of halogens is 1. The molecule has 1 aromatic heterocycles. The van der Waals surface area contributed by atoms with Crippen LogP contribution >= 0.6 is 15.9 Å². The lowest BCUT2D eigenvalue weighted by Gasteiger charge is -2.15. The van der Waals surface area contributed by atoms with Crippen LogP contribution in [0, 0.1) is 13.8 Å². The maximum absolute atomic E-state index is 4.43. The molecule has 0 bridgehead atoms. The molecule has 1 N–H and O–H groups in total. The Morgan fingerprint density at radius 3 is 2.67 bits per heavy atom. The summed E-state index contributed by atoms with van der Waals surface area (Å²) in [5, 5.41) is 3.46. The normalized spacial score (nSPS) is 10.4. The molecule has 0 fully saturated rings. The minimum absolute atomic E-state index is 0.919. The highest BCUT2D eigenvalue weighted by atomic mass is 79.9. The smallest absolute Gasteiger partial charge is 0.133 e. The maximum Gasteiger partial charge on any atom is 0.133 e. The molecule has 94 valence electrons. The van der Waals surface area contributed by atoms with Crippen molar-refractivity contribution in [1.29, 1.82) is 0 Å². The van der Waals surface area contributed by atoms with E-state index in [1.54, 1.807) is 0 Å². The highest BCUT2D eigenvalue weighted by Gasteiger charge is 2.07. The van der Waals surface area contributed by atoms with Crippen LogP contribution in [-0.4, -0.2) is 4.98 Å². The molecule has 0 atom stereocenters. The number of pyridine rings is 1. The van der Waals surface area contributed by atoms with Crippen LogP contribution in [0.25, 0.3) is 0 Å². The molecule has 0 saturated heterocycles. The molecule has 0 spiro atoms. The summed E-state index contributed by atoms with van der Waals surface area (Å²) in [7, 11) is 0. The number of benzene rings is 1. The standard InChI is InChI=1S/C15H17BrN2/c1-4-12-7-5-6-10(2)14(12)18-15-11(3)8-13(16)9-17-15/h5-9H,4H2,1-3H3,(H,17,18). The molecule has 0 amide bonds. The fraction of sp³-hybridized carbons (Fsp3) is 0.267. The highest BCUT2D eigenvalue weighted by molar-refractivity contribution is 9.10. The van der Waals surface area contributed by atoms with Crippen molar-refractivity contribution in [2.24, 2.45) is 0 Å². The average Bonchev–Trinajstić information content (AvgIpc) is 2.34. The van der Waals surface area contributed by atoms with E-state index < -0.39 is 0 Å². The van der Waals surface area contributed by atoms with E-state index in [-0.39, 0.29) is 0 Å². The summed E-state index contributed by atoms with van der Waals surface area (Å²) in [4.78, 5) is 4.43. The number of aryl methyl sites for hydroxylation is 3. The molecule has 3 heteroatoms. The molecule has 1 aromatic carbocycles. The summed E-state index contributed by atoms with van der Waals surface area (Å²) >= 11 is 3.43. The van der Waals surface area contributed by atoms with E-state index in [9.17, 15) is 0 Å². The van der Waals surface area contributed by atoms with Gasteiger partial charge < -0.3 is 5.32 Å². The van der Waals surface area contributed by atoms with Gasteiger partial charge in [0.25, 0.3) is 0 Å². The number of hydrogen-bond donors (Lipinski definition) is 1. The van der Waals surface area contributed by atoms with Crippen LogP contribution < -0.4 is 5.32 Å². The number of nitrogens with zero attached hydrogens (tertiary/aromatic N) is 1. The van der Waals surface area contributed by atoms with Crippen molar-refractivity contribution < 1.29 is 0 Å². The molecule has 0 aliphatic rings. The highest BCUT2D eigenvalue weighted by Crippen LogP contribution is 2.26. The Hall–Kier alpha value is -1.35. The van der Waals surface area contributed by atoms with Gasteiger partial charge in [0.1, 0.15) is 5.82 Å². The zero-order chi connectivity index (χ0) is 13.1. The molecule has 2 rings (SSSR count). The first kappa shape index (κ1) is 13.1. The van der Waals surface area contributed by atoms with Crippen LogP contribution in [0.3, 0.4) is 0 Å². The van der Waals surface area contributed by atoms with Crippen LogP contribution in [0.2, 0.25) is 0 Å². The van der Waals surface area contributed by atoms with Crippen molar-refractivity contribution >= 4 is 27.4 Å². The fourth-order valence-corrected chi connectivity index (χ4v) is 2.44. The lowest BCUT2D eigenvalue weighted by atomic mass is 10.1. The van der Waals surface area contributed by atoms with Crippen LogP contribution in [0.1, 0.15) is 23.6 Å². The molecular weight excluding hydrogens is 288 g/mol. The molecular formula is C15H17BrN2. The summed E-state index contributed by atoms with van der Waals surface area (Å²) < 4.78 is 1.01. The molecule has 0 radical (unpaired) electrons. The van der Waals surface area contributed by atoms with E-state index in [1.165, 1.54) is 16.8 Å². The molecule has 0 aliphatic carbocycles. The fourth-order valence-electron chi connectivity index (χ4n) is 1.99. The third kappa shape index (κ3) is 2.72. The summed E-state index contributed by atoms with van der Waals surface area (Å²) in [5.74, 6) is 0.919. The zero-order valence-corrected chi connectivity index (χ0v) is 12.5. The van der Waals surface area contributed by atoms with Gasteiger partial charge in [0.2, 0.25) is 0 Å². The lowest BCUT2D eigenvalue weighted by molar-refractivity contribution is 1.12.